The molecule has 2 aromatic heterocycles. The summed E-state index contributed by atoms with van der Waals surface area (Å²) in [6.45, 7) is 13.6. The van der Waals surface area contributed by atoms with Gasteiger partial charge in [0.2, 0.25) is 5.90 Å². The molecule has 2 aliphatic heterocycles. The number of aromatic nitrogens is 2. The maximum atomic E-state index is 6.90. The number of aliphatic imine (C=N–C) groups is 1. The van der Waals surface area contributed by atoms with E-state index >= 15 is 0 Å². The molecule has 4 heterocycles. The van der Waals surface area contributed by atoms with E-state index in [1.54, 1.807) is 0 Å². The standard InChI is InChI=1S/C51H52N4O2/c1-33-26-39(55-45-23-22-38(50(2,3)4)31-43(45)51(5,6)42-20-15-25-53-48(42)55)32-40(27-33)56-41-29-36(44-21-13-14-24-52-44)28-37(30-41)49-54-46(34-16-9-7-10-17-34)47(57-49)35-18-11-8-12-19-35/h8,11-15,18-32,34,46-47H,7,9-10,16-17H2,1-6H3/t46-,47-/m1/s1. The van der Waals surface area contributed by atoms with Gasteiger partial charge in [0.15, 0.2) is 0 Å². The third-order valence-electron chi connectivity index (χ3n) is 12.2. The summed E-state index contributed by atoms with van der Waals surface area (Å²) >= 11 is 0. The van der Waals surface area contributed by atoms with Crippen LogP contribution in [0.25, 0.3) is 11.3 Å². The van der Waals surface area contributed by atoms with Crippen molar-refractivity contribution in [2.24, 2.45) is 10.9 Å². The van der Waals surface area contributed by atoms with E-state index in [0.717, 1.165) is 45.3 Å². The lowest BCUT2D eigenvalue weighted by Crippen LogP contribution is -2.32. The van der Waals surface area contributed by atoms with Gasteiger partial charge in [0.1, 0.15) is 23.4 Å². The summed E-state index contributed by atoms with van der Waals surface area (Å²) < 4.78 is 13.8. The number of hydrogen-bond donors (Lipinski definition) is 0. The van der Waals surface area contributed by atoms with Crippen molar-refractivity contribution in [1.82, 2.24) is 9.97 Å². The van der Waals surface area contributed by atoms with Crippen LogP contribution in [0.1, 0.15) is 106 Å². The second-order valence-electron chi connectivity index (χ2n) is 17.7. The van der Waals surface area contributed by atoms with Gasteiger partial charge in [0, 0.05) is 40.6 Å². The topological polar surface area (TPSA) is 59.8 Å². The minimum Gasteiger partial charge on any atom is -0.467 e. The van der Waals surface area contributed by atoms with Crippen molar-refractivity contribution in [3.8, 4) is 22.8 Å². The number of rotatable bonds is 7. The number of ether oxygens (including phenoxy) is 2. The fourth-order valence-electron chi connectivity index (χ4n) is 9.10. The van der Waals surface area contributed by atoms with Crippen molar-refractivity contribution in [2.75, 3.05) is 4.90 Å². The van der Waals surface area contributed by atoms with Gasteiger partial charge in [-0.15, -0.1) is 0 Å². The number of nitrogens with zero attached hydrogens (tertiary/aromatic N) is 4. The predicted octanol–water partition coefficient (Wildman–Crippen LogP) is 13.1. The highest BCUT2D eigenvalue weighted by Crippen LogP contribution is 2.52. The van der Waals surface area contributed by atoms with Crippen LogP contribution in [0.5, 0.6) is 11.5 Å². The molecule has 0 N–H and O–H groups in total. The zero-order chi connectivity index (χ0) is 39.3. The first kappa shape index (κ1) is 36.9. The Morgan fingerprint density at radius 3 is 2.25 bits per heavy atom. The first-order valence-corrected chi connectivity index (χ1v) is 20.6. The lowest BCUT2D eigenvalue weighted by atomic mass is 9.72. The first-order chi connectivity index (χ1) is 27.5. The van der Waals surface area contributed by atoms with Gasteiger partial charge < -0.3 is 9.47 Å². The molecule has 6 aromatic rings. The second-order valence-corrected chi connectivity index (χ2v) is 17.7. The zero-order valence-corrected chi connectivity index (χ0v) is 34.0. The number of benzene rings is 4. The smallest absolute Gasteiger partial charge is 0.217 e. The molecule has 6 nitrogen and oxygen atoms in total. The Balaban J connectivity index is 1.12. The van der Waals surface area contributed by atoms with Gasteiger partial charge in [0.25, 0.3) is 0 Å². The Labute approximate surface area is 337 Å². The third kappa shape index (κ3) is 7.11. The number of aryl methyl sites for hydroxylation is 1. The van der Waals surface area contributed by atoms with Crippen LogP contribution in [0.3, 0.4) is 0 Å². The number of fused-ring (bicyclic) bond motifs is 2. The van der Waals surface area contributed by atoms with Gasteiger partial charge in [-0.2, -0.15) is 0 Å². The summed E-state index contributed by atoms with van der Waals surface area (Å²) in [7, 11) is 0. The highest BCUT2D eigenvalue weighted by Gasteiger charge is 2.40. The molecule has 0 unspecified atom stereocenters. The molecule has 4 aromatic carbocycles. The van der Waals surface area contributed by atoms with Gasteiger partial charge in [-0.3, -0.25) is 9.88 Å². The van der Waals surface area contributed by atoms with Crippen LogP contribution in [0, 0.1) is 12.8 Å². The number of pyridine rings is 2. The van der Waals surface area contributed by atoms with Crippen LogP contribution >= 0.6 is 0 Å². The summed E-state index contributed by atoms with van der Waals surface area (Å²) in [5.74, 6) is 3.53. The van der Waals surface area contributed by atoms with Crippen molar-refractivity contribution in [2.45, 2.75) is 96.6 Å². The van der Waals surface area contributed by atoms with E-state index in [1.807, 2.05) is 36.7 Å². The monoisotopic (exact) mass is 752 g/mol. The van der Waals surface area contributed by atoms with E-state index in [-0.39, 0.29) is 23.0 Å². The molecule has 288 valence electrons. The Hall–Kier alpha value is -5.75. The van der Waals surface area contributed by atoms with Gasteiger partial charge in [-0.05, 0) is 108 Å². The fourth-order valence-corrected chi connectivity index (χ4v) is 9.10. The van der Waals surface area contributed by atoms with E-state index in [4.69, 9.17) is 24.4 Å². The summed E-state index contributed by atoms with van der Waals surface area (Å²) in [6, 6.07) is 40.6. The molecule has 1 aliphatic carbocycles. The number of anilines is 3. The summed E-state index contributed by atoms with van der Waals surface area (Å²) in [5.41, 5.74) is 10.7. The molecule has 2 atom stereocenters. The van der Waals surface area contributed by atoms with E-state index in [9.17, 15) is 0 Å². The van der Waals surface area contributed by atoms with E-state index in [1.165, 1.54) is 54.4 Å². The van der Waals surface area contributed by atoms with Crippen LogP contribution < -0.4 is 9.64 Å². The molecule has 9 rings (SSSR count). The molecular formula is C51H52N4O2. The predicted molar refractivity (Wildman–Crippen MR) is 231 cm³/mol. The van der Waals surface area contributed by atoms with Crippen molar-refractivity contribution < 1.29 is 9.47 Å². The zero-order valence-electron chi connectivity index (χ0n) is 34.0. The van der Waals surface area contributed by atoms with E-state index in [2.05, 4.69) is 137 Å². The molecule has 57 heavy (non-hydrogen) atoms. The highest BCUT2D eigenvalue weighted by atomic mass is 16.5. The Bertz CT molecular complexity index is 2440. The van der Waals surface area contributed by atoms with Gasteiger partial charge >= 0.3 is 0 Å². The SMILES string of the molecule is Cc1cc(Oc2cc(C3=N[C@H](C4CCCCC4)[C@@H](c4ccccc4)O3)cc(-c3ccccn3)c2)cc(N2c3ccc(C(C)(C)C)cc3C(C)(C)c3cccnc32)c1. The lowest BCUT2D eigenvalue weighted by molar-refractivity contribution is 0.150. The molecule has 0 bridgehead atoms. The van der Waals surface area contributed by atoms with Crippen molar-refractivity contribution in [3.05, 3.63) is 161 Å². The van der Waals surface area contributed by atoms with Crippen LogP contribution in [0.15, 0.2) is 133 Å². The largest absolute Gasteiger partial charge is 0.467 e. The average Bonchev–Trinajstić information content (AvgIpc) is 3.67. The summed E-state index contributed by atoms with van der Waals surface area (Å²) in [6.07, 6.45) is 9.76. The average molecular weight is 753 g/mol. The molecule has 3 aliphatic rings. The van der Waals surface area contributed by atoms with Crippen molar-refractivity contribution in [3.63, 3.8) is 0 Å². The van der Waals surface area contributed by atoms with Crippen molar-refractivity contribution in [1.29, 1.82) is 0 Å². The molecule has 6 heteroatoms. The molecule has 1 saturated carbocycles. The van der Waals surface area contributed by atoms with E-state index < -0.39 is 0 Å². The summed E-state index contributed by atoms with van der Waals surface area (Å²) in [5, 5.41) is 0. The Morgan fingerprint density at radius 2 is 1.47 bits per heavy atom. The Morgan fingerprint density at radius 1 is 0.719 bits per heavy atom. The molecule has 1 fully saturated rings. The minimum atomic E-state index is -0.233. The Kier molecular flexibility index (Phi) is 9.47. The van der Waals surface area contributed by atoms with Crippen LogP contribution in [-0.2, 0) is 15.6 Å². The highest BCUT2D eigenvalue weighted by molar-refractivity contribution is 5.97. The third-order valence-corrected chi connectivity index (χ3v) is 12.2. The van der Waals surface area contributed by atoms with Gasteiger partial charge in [-0.1, -0.05) is 108 Å². The quantitative estimate of drug-likeness (QED) is 0.162. The van der Waals surface area contributed by atoms with Gasteiger partial charge in [0.05, 0.1) is 23.1 Å². The first-order valence-electron chi connectivity index (χ1n) is 20.6. The van der Waals surface area contributed by atoms with Gasteiger partial charge in [-0.25, -0.2) is 9.98 Å². The maximum Gasteiger partial charge on any atom is 0.217 e. The van der Waals surface area contributed by atoms with Crippen LogP contribution in [0.4, 0.5) is 17.2 Å². The number of hydrogen-bond acceptors (Lipinski definition) is 6. The molecule has 0 saturated heterocycles. The normalized spacial score (nSPS) is 19.0. The second kappa shape index (κ2) is 14.6. The lowest BCUT2D eigenvalue weighted by Gasteiger charge is -2.41. The summed E-state index contributed by atoms with van der Waals surface area (Å²) in [4.78, 5) is 17.4. The molecule has 0 amide bonds. The van der Waals surface area contributed by atoms with Crippen LogP contribution in [0.2, 0.25) is 0 Å². The van der Waals surface area contributed by atoms with Crippen LogP contribution in [-0.4, -0.2) is 21.9 Å². The molecular weight excluding hydrogens is 701 g/mol. The fraction of sp³-hybridized carbons (Fsp3) is 0.314. The molecule has 0 radical (unpaired) electrons. The van der Waals surface area contributed by atoms with Crippen molar-refractivity contribution >= 4 is 23.1 Å². The van der Waals surface area contributed by atoms with E-state index in [0.29, 0.717) is 17.6 Å². The maximum absolute atomic E-state index is 6.90. The molecule has 0 spiro atoms. The minimum absolute atomic E-state index is 0.0203.